The highest BCUT2D eigenvalue weighted by Crippen LogP contribution is 2.07. The molecule has 0 aliphatic rings. The van der Waals surface area contributed by atoms with Crippen molar-refractivity contribution in [2.75, 3.05) is 6.61 Å². The summed E-state index contributed by atoms with van der Waals surface area (Å²) in [4.78, 5) is 15.1. The average molecular weight is 282 g/mol. The van der Waals surface area contributed by atoms with Crippen molar-refractivity contribution in [2.45, 2.75) is 6.92 Å². The summed E-state index contributed by atoms with van der Waals surface area (Å²) in [6.07, 6.45) is 6.55. The lowest BCUT2D eigenvalue weighted by Gasteiger charge is -1.93. The summed E-state index contributed by atoms with van der Waals surface area (Å²) < 4.78 is 5.51. The second kappa shape index (κ2) is 6.95. The molecule has 16 heavy (non-hydrogen) atoms. The minimum Gasteiger partial charge on any atom is -0.463 e. The summed E-state index contributed by atoms with van der Waals surface area (Å²) in [7, 11) is 0. The van der Waals surface area contributed by atoms with Crippen LogP contribution >= 0.6 is 15.9 Å². The predicted molar refractivity (Wildman–Crippen MR) is 66.7 cm³/mol. The van der Waals surface area contributed by atoms with E-state index < -0.39 is 0 Å². The molecule has 0 aromatic carbocycles. The molecule has 1 aromatic heterocycles. The second-order valence-corrected chi connectivity index (χ2v) is 3.67. The Morgan fingerprint density at radius 2 is 2.31 bits per heavy atom. The molecule has 0 atom stereocenters. The zero-order chi connectivity index (χ0) is 11.8. The highest BCUT2D eigenvalue weighted by Gasteiger charge is 1.91. The first-order valence-corrected chi connectivity index (χ1v) is 5.65. The van der Waals surface area contributed by atoms with Crippen LogP contribution in [0.3, 0.4) is 0 Å². The topological polar surface area (TPSA) is 39.2 Å². The van der Waals surface area contributed by atoms with Gasteiger partial charge in [-0.2, -0.15) is 0 Å². The summed E-state index contributed by atoms with van der Waals surface area (Å²) in [6.45, 7) is 2.16. The number of aromatic nitrogens is 1. The molecular weight excluding hydrogens is 270 g/mol. The molecule has 84 valence electrons. The molecule has 0 bridgehead atoms. The van der Waals surface area contributed by atoms with Gasteiger partial charge in [-0.1, -0.05) is 18.2 Å². The molecular formula is C12H12BrNO2. The molecule has 4 heteroatoms. The Bertz CT molecular complexity index is 413. The lowest BCUT2D eigenvalue weighted by molar-refractivity contribution is -0.137. The van der Waals surface area contributed by atoms with Crippen LogP contribution in [-0.4, -0.2) is 17.6 Å². The van der Waals surface area contributed by atoms with Gasteiger partial charge in [-0.15, -0.1) is 0 Å². The SMILES string of the molecule is CCOC(=O)/C=C/C=C/c1cccc(Br)n1. The maximum absolute atomic E-state index is 10.9. The quantitative estimate of drug-likeness (QED) is 0.369. The number of ether oxygens (including phenoxy) is 1. The number of hydrogen-bond donors (Lipinski definition) is 0. The van der Waals surface area contributed by atoms with Gasteiger partial charge in [0.1, 0.15) is 4.60 Å². The van der Waals surface area contributed by atoms with Crippen molar-refractivity contribution in [1.82, 2.24) is 4.98 Å². The smallest absolute Gasteiger partial charge is 0.330 e. The number of hydrogen-bond acceptors (Lipinski definition) is 3. The average Bonchev–Trinajstić information content (AvgIpc) is 2.25. The molecule has 1 aromatic rings. The van der Waals surface area contributed by atoms with E-state index in [1.807, 2.05) is 18.2 Å². The molecule has 0 spiro atoms. The molecule has 0 radical (unpaired) electrons. The van der Waals surface area contributed by atoms with E-state index in [-0.39, 0.29) is 5.97 Å². The van der Waals surface area contributed by atoms with Gasteiger partial charge in [0.15, 0.2) is 0 Å². The number of rotatable bonds is 4. The summed E-state index contributed by atoms with van der Waals surface area (Å²) in [5, 5.41) is 0. The van der Waals surface area contributed by atoms with Crippen molar-refractivity contribution >= 4 is 28.0 Å². The van der Waals surface area contributed by atoms with E-state index in [1.165, 1.54) is 6.08 Å². The van der Waals surface area contributed by atoms with Crippen molar-refractivity contribution < 1.29 is 9.53 Å². The molecule has 0 unspecified atom stereocenters. The van der Waals surface area contributed by atoms with E-state index >= 15 is 0 Å². The van der Waals surface area contributed by atoms with Crippen LogP contribution in [0.1, 0.15) is 12.6 Å². The Labute approximate surface area is 103 Å². The predicted octanol–water partition coefficient (Wildman–Crippen LogP) is 2.98. The molecule has 3 nitrogen and oxygen atoms in total. The molecule has 1 rings (SSSR count). The van der Waals surface area contributed by atoms with Crippen molar-refractivity contribution in [3.8, 4) is 0 Å². The first kappa shape index (κ1) is 12.6. The van der Waals surface area contributed by atoms with Crippen LogP contribution < -0.4 is 0 Å². The summed E-state index contributed by atoms with van der Waals surface area (Å²) in [6, 6.07) is 5.62. The van der Waals surface area contributed by atoms with Crippen LogP contribution in [0.15, 0.2) is 41.0 Å². The lowest BCUT2D eigenvalue weighted by atomic mass is 10.3. The maximum atomic E-state index is 10.9. The number of carbonyl (C=O) groups is 1. The van der Waals surface area contributed by atoms with Gasteiger partial charge in [-0.25, -0.2) is 9.78 Å². The Morgan fingerprint density at radius 3 is 3.00 bits per heavy atom. The van der Waals surface area contributed by atoms with E-state index in [4.69, 9.17) is 4.74 Å². The van der Waals surface area contributed by atoms with E-state index in [2.05, 4.69) is 20.9 Å². The van der Waals surface area contributed by atoms with Crippen molar-refractivity contribution in [2.24, 2.45) is 0 Å². The summed E-state index contributed by atoms with van der Waals surface area (Å²) in [5.41, 5.74) is 0.822. The van der Waals surface area contributed by atoms with Gasteiger partial charge < -0.3 is 4.74 Å². The molecule has 1 heterocycles. The molecule has 0 N–H and O–H groups in total. The number of allylic oxidation sites excluding steroid dienone is 2. The van der Waals surface area contributed by atoms with Gasteiger partial charge in [-0.3, -0.25) is 0 Å². The summed E-state index contributed by atoms with van der Waals surface area (Å²) in [5.74, 6) is -0.339. The Balaban J connectivity index is 2.52. The van der Waals surface area contributed by atoms with E-state index in [0.717, 1.165) is 10.3 Å². The number of pyridine rings is 1. The number of halogens is 1. The monoisotopic (exact) mass is 281 g/mol. The normalized spacial score (nSPS) is 11.1. The van der Waals surface area contributed by atoms with Crippen LogP contribution in [-0.2, 0) is 9.53 Å². The van der Waals surface area contributed by atoms with Crippen LogP contribution in [0.4, 0.5) is 0 Å². The number of esters is 1. The van der Waals surface area contributed by atoms with E-state index in [1.54, 1.807) is 25.2 Å². The van der Waals surface area contributed by atoms with Crippen LogP contribution in [0.25, 0.3) is 6.08 Å². The van der Waals surface area contributed by atoms with Crippen LogP contribution in [0, 0.1) is 0 Å². The first-order valence-electron chi connectivity index (χ1n) is 4.86. The van der Waals surface area contributed by atoms with Gasteiger partial charge >= 0.3 is 5.97 Å². The Kier molecular flexibility index (Phi) is 5.50. The fraction of sp³-hybridized carbons (Fsp3) is 0.167. The maximum Gasteiger partial charge on any atom is 0.330 e. The highest BCUT2D eigenvalue weighted by atomic mass is 79.9. The first-order chi connectivity index (χ1) is 7.72. The van der Waals surface area contributed by atoms with Gasteiger partial charge in [0, 0.05) is 6.08 Å². The molecule has 0 saturated heterocycles. The molecule has 0 saturated carbocycles. The number of carbonyl (C=O) groups excluding carboxylic acids is 1. The third-order valence-corrected chi connectivity index (χ3v) is 2.08. The minimum absolute atomic E-state index is 0.339. The zero-order valence-electron chi connectivity index (χ0n) is 8.89. The summed E-state index contributed by atoms with van der Waals surface area (Å²) >= 11 is 3.28. The fourth-order valence-corrected chi connectivity index (χ4v) is 1.35. The van der Waals surface area contributed by atoms with E-state index in [9.17, 15) is 4.79 Å². The van der Waals surface area contributed by atoms with Crippen molar-refractivity contribution in [3.63, 3.8) is 0 Å². The van der Waals surface area contributed by atoms with Crippen LogP contribution in [0.5, 0.6) is 0 Å². The highest BCUT2D eigenvalue weighted by molar-refractivity contribution is 9.10. The van der Waals surface area contributed by atoms with E-state index in [0.29, 0.717) is 6.61 Å². The number of nitrogens with zero attached hydrogens (tertiary/aromatic N) is 1. The zero-order valence-corrected chi connectivity index (χ0v) is 10.5. The third-order valence-electron chi connectivity index (χ3n) is 1.63. The lowest BCUT2D eigenvalue weighted by Crippen LogP contribution is -1.98. The Morgan fingerprint density at radius 1 is 1.50 bits per heavy atom. The standard InChI is InChI=1S/C12H12BrNO2/c1-2-16-12(15)9-4-3-6-10-7-5-8-11(13)14-10/h3-9H,2H2,1H3/b6-3+,9-4+. The molecule has 0 fully saturated rings. The van der Waals surface area contributed by atoms with Gasteiger partial charge in [0.25, 0.3) is 0 Å². The van der Waals surface area contributed by atoms with Gasteiger partial charge in [0.05, 0.1) is 12.3 Å². The molecule has 0 aliphatic heterocycles. The van der Waals surface area contributed by atoms with Gasteiger partial charge in [-0.05, 0) is 41.1 Å². The fourth-order valence-electron chi connectivity index (χ4n) is 0.995. The molecule has 0 aliphatic carbocycles. The Hall–Kier alpha value is -1.42. The van der Waals surface area contributed by atoms with Crippen molar-refractivity contribution in [3.05, 3.63) is 46.7 Å². The third kappa shape index (κ3) is 4.89. The molecule has 0 amide bonds. The van der Waals surface area contributed by atoms with Gasteiger partial charge in [0.2, 0.25) is 0 Å². The van der Waals surface area contributed by atoms with Crippen molar-refractivity contribution in [1.29, 1.82) is 0 Å². The minimum atomic E-state index is -0.339. The second-order valence-electron chi connectivity index (χ2n) is 2.86. The largest absolute Gasteiger partial charge is 0.463 e. The van der Waals surface area contributed by atoms with Crippen LogP contribution in [0.2, 0.25) is 0 Å².